The maximum atomic E-state index is 12.5. The molecule has 1 amide bonds. The summed E-state index contributed by atoms with van der Waals surface area (Å²) in [6.07, 6.45) is 2.36. The molecule has 1 saturated carbocycles. The van der Waals surface area contributed by atoms with Crippen molar-refractivity contribution in [3.8, 4) is 0 Å². The zero-order valence-electron chi connectivity index (χ0n) is 14.5. The van der Waals surface area contributed by atoms with Gasteiger partial charge in [0.25, 0.3) is 5.91 Å². The van der Waals surface area contributed by atoms with Crippen LogP contribution in [0, 0.1) is 19.8 Å². The van der Waals surface area contributed by atoms with Crippen molar-refractivity contribution in [2.24, 2.45) is 11.7 Å². The third-order valence-corrected chi connectivity index (χ3v) is 5.51. The van der Waals surface area contributed by atoms with Gasteiger partial charge in [0.15, 0.2) is 0 Å². The summed E-state index contributed by atoms with van der Waals surface area (Å²) in [6, 6.07) is 7.72. The number of nitrogens with zero attached hydrogens (tertiary/aromatic N) is 1. The first-order valence-electron chi connectivity index (χ1n) is 8.23. The molecular formula is C18H24ClN3O2S. The van der Waals surface area contributed by atoms with Crippen LogP contribution in [0.5, 0.6) is 0 Å². The number of carbonyl (C=O) groups is 1. The number of hydrogen-bond acceptors (Lipinski definition) is 5. The molecule has 5 nitrogen and oxygen atoms in total. The highest BCUT2D eigenvalue weighted by Gasteiger charge is 2.28. The molecule has 1 aromatic heterocycles. The van der Waals surface area contributed by atoms with Gasteiger partial charge in [-0.15, -0.1) is 24.2 Å². The molecule has 0 bridgehead atoms. The fraction of sp³-hybridized carbons (Fsp3) is 0.444. The highest BCUT2D eigenvalue weighted by atomic mass is 35.5. The summed E-state index contributed by atoms with van der Waals surface area (Å²) in [6.45, 7) is 4.38. The van der Waals surface area contributed by atoms with Crippen LogP contribution >= 0.6 is 24.2 Å². The first kappa shape index (κ1) is 19.8. The first-order chi connectivity index (χ1) is 11.6. The van der Waals surface area contributed by atoms with Gasteiger partial charge in [-0.1, -0.05) is 17.3 Å². The molecule has 7 heteroatoms. The Balaban J connectivity index is 0.00000225. The summed E-state index contributed by atoms with van der Waals surface area (Å²) in [5, 5.41) is 6.94. The van der Waals surface area contributed by atoms with Crippen molar-refractivity contribution in [3.63, 3.8) is 0 Å². The third-order valence-electron chi connectivity index (χ3n) is 4.41. The van der Waals surface area contributed by atoms with Gasteiger partial charge in [-0.25, -0.2) is 0 Å². The van der Waals surface area contributed by atoms with Crippen LogP contribution in [0.4, 0.5) is 0 Å². The number of aromatic nitrogens is 1. The lowest BCUT2D eigenvalue weighted by molar-refractivity contribution is 0.0947. The summed E-state index contributed by atoms with van der Waals surface area (Å²) in [7, 11) is 0. The van der Waals surface area contributed by atoms with Crippen molar-refractivity contribution in [1.82, 2.24) is 10.5 Å². The van der Waals surface area contributed by atoms with E-state index in [1.54, 1.807) is 11.8 Å². The van der Waals surface area contributed by atoms with Gasteiger partial charge in [-0.3, -0.25) is 4.79 Å². The zero-order valence-corrected chi connectivity index (χ0v) is 16.1. The van der Waals surface area contributed by atoms with Gasteiger partial charge in [0, 0.05) is 28.8 Å². The van der Waals surface area contributed by atoms with Gasteiger partial charge < -0.3 is 15.6 Å². The fourth-order valence-corrected chi connectivity index (χ4v) is 3.84. The minimum absolute atomic E-state index is 0. The Morgan fingerprint density at radius 3 is 2.76 bits per heavy atom. The predicted octanol–water partition coefficient (Wildman–Crippen LogP) is 3.47. The van der Waals surface area contributed by atoms with Crippen LogP contribution in [0.1, 0.15) is 40.2 Å². The highest BCUT2D eigenvalue weighted by molar-refractivity contribution is 7.98. The van der Waals surface area contributed by atoms with Crippen LogP contribution in [0.3, 0.4) is 0 Å². The second-order valence-electron chi connectivity index (χ2n) is 6.30. The smallest absolute Gasteiger partial charge is 0.252 e. The lowest BCUT2D eigenvalue weighted by atomic mass is 10.2. The maximum Gasteiger partial charge on any atom is 0.252 e. The van der Waals surface area contributed by atoms with E-state index in [0.29, 0.717) is 18.0 Å². The Kier molecular flexibility index (Phi) is 6.93. The molecule has 3 N–H and O–H groups in total. The molecule has 1 aliphatic carbocycles. The van der Waals surface area contributed by atoms with Crippen molar-refractivity contribution >= 4 is 30.1 Å². The maximum absolute atomic E-state index is 12.5. The molecule has 1 aliphatic rings. The monoisotopic (exact) mass is 381 g/mol. The number of halogens is 1. The van der Waals surface area contributed by atoms with Crippen LogP contribution in [0.2, 0.25) is 0 Å². The summed E-state index contributed by atoms with van der Waals surface area (Å²) < 4.78 is 5.20. The number of benzene rings is 1. The van der Waals surface area contributed by atoms with E-state index in [1.165, 1.54) is 12.8 Å². The number of rotatable bonds is 7. The molecule has 3 rings (SSSR count). The van der Waals surface area contributed by atoms with Crippen molar-refractivity contribution in [2.45, 2.75) is 43.4 Å². The summed E-state index contributed by atoms with van der Waals surface area (Å²) >= 11 is 1.62. The number of amides is 1. The van der Waals surface area contributed by atoms with E-state index in [1.807, 2.05) is 38.1 Å². The van der Waals surface area contributed by atoms with Gasteiger partial charge in [0.1, 0.15) is 5.76 Å². The average molecular weight is 382 g/mol. The van der Waals surface area contributed by atoms with Crippen LogP contribution < -0.4 is 11.1 Å². The van der Waals surface area contributed by atoms with E-state index in [2.05, 4.69) is 10.5 Å². The van der Waals surface area contributed by atoms with Crippen LogP contribution in [0.25, 0.3) is 0 Å². The molecule has 1 aromatic carbocycles. The molecule has 0 spiro atoms. The summed E-state index contributed by atoms with van der Waals surface area (Å²) in [5.41, 5.74) is 8.74. The van der Waals surface area contributed by atoms with Gasteiger partial charge in [-0.05, 0) is 44.7 Å². The first-order valence-corrected chi connectivity index (χ1v) is 9.22. The minimum Gasteiger partial charge on any atom is -0.361 e. The normalized spacial score (nSPS) is 14.7. The van der Waals surface area contributed by atoms with E-state index in [4.69, 9.17) is 10.3 Å². The van der Waals surface area contributed by atoms with Crippen LogP contribution in [-0.4, -0.2) is 23.7 Å². The summed E-state index contributed by atoms with van der Waals surface area (Å²) in [4.78, 5) is 13.5. The van der Waals surface area contributed by atoms with Crippen LogP contribution in [0.15, 0.2) is 33.7 Å². The van der Waals surface area contributed by atoms with Gasteiger partial charge in [0.05, 0.1) is 11.3 Å². The minimum atomic E-state index is -0.0621. The van der Waals surface area contributed by atoms with Gasteiger partial charge >= 0.3 is 0 Å². The second kappa shape index (κ2) is 8.74. The molecule has 2 aromatic rings. The molecule has 0 radical (unpaired) electrons. The molecule has 0 saturated heterocycles. The number of carbonyl (C=O) groups excluding carboxylic acids is 1. The van der Waals surface area contributed by atoms with Crippen molar-refractivity contribution in [1.29, 1.82) is 0 Å². The molecule has 25 heavy (non-hydrogen) atoms. The number of hydrogen-bond donors (Lipinski definition) is 2. The zero-order chi connectivity index (χ0) is 17.1. The Hall–Kier alpha value is -1.50. The number of aryl methyl sites for hydroxylation is 2. The Morgan fingerprint density at radius 1 is 1.40 bits per heavy atom. The molecular weight excluding hydrogens is 358 g/mol. The molecule has 1 fully saturated rings. The van der Waals surface area contributed by atoms with E-state index in [-0.39, 0.29) is 24.4 Å². The van der Waals surface area contributed by atoms with Crippen LogP contribution in [-0.2, 0) is 5.75 Å². The van der Waals surface area contributed by atoms with E-state index < -0.39 is 0 Å². The quantitative estimate of drug-likeness (QED) is 0.717. The van der Waals surface area contributed by atoms with Gasteiger partial charge in [-0.2, -0.15) is 0 Å². The average Bonchev–Trinajstić information content (AvgIpc) is 3.38. The van der Waals surface area contributed by atoms with E-state index in [9.17, 15) is 4.79 Å². The molecule has 0 aliphatic heterocycles. The number of thioether (sulfide) groups is 1. The molecule has 1 unspecified atom stereocenters. The Bertz CT molecular complexity index is 711. The third kappa shape index (κ3) is 5.00. The largest absolute Gasteiger partial charge is 0.361 e. The molecule has 1 heterocycles. The molecule has 136 valence electrons. The fourth-order valence-electron chi connectivity index (χ4n) is 2.63. The molecule has 1 atom stereocenters. The van der Waals surface area contributed by atoms with E-state index >= 15 is 0 Å². The topological polar surface area (TPSA) is 81.2 Å². The lowest BCUT2D eigenvalue weighted by Gasteiger charge is -2.13. The Morgan fingerprint density at radius 2 is 2.12 bits per heavy atom. The predicted molar refractivity (Wildman–Crippen MR) is 102 cm³/mol. The SMILES string of the molecule is Cc1noc(C)c1CSc1ccccc1C(=O)NCC(N)C1CC1.Cl. The number of nitrogens with one attached hydrogen (secondary N) is 1. The van der Waals surface area contributed by atoms with Crippen molar-refractivity contribution < 1.29 is 9.32 Å². The van der Waals surface area contributed by atoms with Crippen molar-refractivity contribution in [3.05, 3.63) is 46.8 Å². The second-order valence-corrected chi connectivity index (χ2v) is 7.32. The summed E-state index contributed by atoms with van der Waals surface area (Å²) in [5.74, 6) is 2.08. The standard InChI is InChI=1S/C18H23N3O2S.ClH/c1-11-15(12(2)23-21-11)10-24-17-6-4-3-5-14(17)18(22)20-9-16(19)13-7-8-13;/h3-6,13,16H,7-10,19H2,1-2H3,(H,20,22);1H. The lowest BCUT2D eigenvalue weighted by Crippen LogP contribution is -2.38. The van der Waals surface area contributed by atoms with Crippen molar-refractivity contribution in [2.75, 3.05) is 6.54 Å². The highest BCUT2D eigenvalue weighted by Crippen LogP contribution is 2.31. The Labute approximate surface area is 158 Å². The number of nitrogens with two attached hydrogens (primary N) is 1. The van der Waals surface area contributed by atoms with E-state index in [0.717, 1.165) is 27.7 Å². The van der Waals surface area contributed by atoms with Gasteiger partial charge in [0.2, 0.25) is 0 Å².